The number of pyridine rings is 1. The van der Waals surface area contributed by atoms with Crippen molar-refractivity contribution >= 4 is 15.9 Å². The first-order valence-corrected chi connectivity index (χ1v) is 6.85. The lowest BCUT2D eigenvalue weighted by Crippen LogP contribution is -2.33. The molecule has 1 saturated heterocycles. The second-order valence-electron chi connectivity index (χ2n) is 4.73. The lowest BCUT2D eigenvalue weighted by atomic mass is 9.98. The second-order valence-corrected chi connectivity index (χ2v) is 5.58. The summed E-state index contributed by atoms with van der Waals surface area (Å²) in [5.74, 6) is 0.245. The highest BCUT2D eigenvalue weighted by molar-refractivity contribution is 9.10. The van der Waals surface area contributed by atoms with Gasteiger partial charge in [0.25, 0.3) is 5.56 Å². The summed E-state index contributed by atoms with van der Waals surface area (Å²) in [6, 6.07) is 0.835. The van der Waals surface area contributed by atoms with Crippen LogP contribution in [0.3, 0.4) is 0 Å². The predicted octanol–water partition coefficient (Wildman–Crippen LogP) is 2.63. The molecule has 0 saturated carbocycles. The van der Waals surface area contributed by atoms with E-state index in [-0.39, 0.29) is 10.4 Å². The molecule has 1 N–H and O–H groups in total. The summed E-state index contributed by atoms with van der Waals surface area (Å²) in [6.45, 7) is 2.03. The molecule has 0 radical (unpaired) electrons. The van der Waals surface area contributed by atoms with E-state index in [1.165, 1.54) is 4.57 Å². The number of alkyl halides is 3. The SMILES string of the molecule is O=c1c(Br)cc(C(F)(F)F)cn1CC1CCNCC1. The monoisotopic (exact) mass is 338 g/mol. The summed E-state index contributed by atoms with van der Waals surface area (Å²) < 4.78 is 39.3. The Morgan fingerprint density at radius 3 is 2.58 bits per heavy atom. The first kappa shape index (κ1) is 14.6. The summed E-state index contributed by atoms with van der Waals surface area (Å²) in [5, 5.41) is 3.19. The van der Waals surface area contributed by atoms with Crippen molar-refractivity contribution in [2.24, 2.45) is 5.92 Å². The van der Waals surface area contributed by atoms with Crippen molar-refractivity contribution in [2.75, 3.05) is 13.1 Å². The van der Waals surface area contributed by atoms with Gasteiger partial charge in [0.05, 0.1) is 10.0 Å². The number of halogens is 4. The Labute approximate surface area is 116 Å². The molecule has 7 heteroatoms. The molecule has 0 aromatic carbocycles. The maximum atomic E-state index is 12.7. The highest BCUT2D eigenvalue weighted by Crippen LogP contribution is 2.30. The van der Waals surface area contributed by atoms with Crippen molar-refractivity contribution in [3.8, 4) is 0 Å². The van der Waals surface area contributed by atoms with Crippen LogP contribution >= 0.6 is 15.9 Å². The molecule has 1 aliphatic heterocycles. The van der Waals surface area contributed by atoms with Crippen LogP contribution in [0.25, 0.3) is 0 Å². The fraction of sp³-hybridized carbons (Fsp3) is 0.583. The predicted molar refractivity (Wildman–Crippen MR) is 69.0 cm³/mol. The standard InChI is InChI=1S/C12H14BrF3N2O/c13-10-5-9(12(14,15)16)7-18(11(10)19)6-8-1-3-17-4-2-8/h5,7-8,17H,1-4,6H2. The molecular weight excluding hydrogens is 325 g/mol. The van der Waals surface area contributed by atoms with Gasteiger partial charge in [0.2, 0.25) is 0 Å². The topological polar surface area (TPSA) is 34.0 Å². The highest BCUT2D eigenvalue weighted by Gasteiger charge is 2.32. The average Bonchev–Trinajstić information content (AvgIpc) is 2.34. The van der Waals surface area contributed by atoms with Gasteiger partial charge in [-0.25, -0.2) is 0 Å². The largest absolute Gasteiger partial charge is 0.417 e. The van der Waals surface area contributed by atoms with Gasteiger partial charge in [-0.05, 0) is 53.8 Å². The number of nitrogens with one attached hydrogen (secondary N) is 1. The molecule has 1 aromatic heterocycles. The zero-order valence-corrected chi connectivity index (χ0v) is 11.7. The van der Waals surface area contributed by atoms with Crippen molar-refractivity contribution in [3.05, 3.63) is 32.7 Å². The third-order valence-corrected chi connectivity index (χ3v) is 3.85. The van der Waals surface area contributed by atoms with Crippen molar-refractivity contribution in [3.63, 3.8) is 0 Å². The Hall–Kier alpha value is -0.820. The van der Waals surface area contributed by atoms with Crippen LogP contribution < -0.4 is 10.9 Å². The molecule has 0 bridgehead atoms. The minimum absolute atomic E-state index is 0.0451. The molecule has 1 fully saturated rings. The van der Waals surface area contributed by atoms with E-state index in [1.54, 1.807) is 0 Å². The normalized spacial score (nSPS) is 17.7. The van der Waals surface area contributed by atoms with Crippen LogP contribution in [0, 0.1) is 5.92 Å². The lowest BCUT2D eigenvalue weighted by Gasteiger charge is -2.23. The Bertz CT molecular complexity index is 507. The highest BCUT2D eigenvalue weighted by atomic mass is 79.9. The molecule has 0 aliphatic carbocycles. The fourth-order valence-corrected chi connectivity index (χ4v) is 2.71. The summed E-state index contributed by atoms with van der Waals surface area (Å²) >= 11 is 2.91. The number of nitrogens with zero attached hydrogens (tertiary/aromatic N) is 1. The van der Waals surface area contributed by atoms with E-state index in [0.717, 1.165) is 38.2 Å². The Morgan fingerprint density at radius 2 is 2.00 bits per heavy atom. The van der Waals surface area contributed by atoms with E-state index >= 15 is 0 Å². The van der Waals surface area contributed by atoms with Gasteiger partial charge in [0.1, 0.15) is 0 Å². The van der Waals surface area contributed by atoms with E-state index in [0.29, 0.717) is 6.54 Å². The Kier molecular flexibility index (Phi) is 4.35. The molecule has 2 heterocycles. The molecule has 0 amide bonds. The van der Waals surface area contributed by atoms with Crippen LogP contribution in [-0.2, 0) is 12.7 Å². The smallest absolute Gasteiger partial charge is 0.317 e. The number of aromatic nitrogens is 1. The quantitative estimate of drug-likeness (QED) is 0.899. The van der Waals surface area contributed by atoms with Gasteiger partial charge in [-0.1, -0.05) is 0 Å². The summed E-state index contributed by atoms with van der Waals surface area (Å²) in [6.07, 6.45) is -1.78. The Balaban J connectivity index is 2.28. The second kappa shape index (κ2) is 5.66. The van der Waals surface area contributed by atoms with Gasteiger partial charge < -0.3 is 9.88 Å². The number of hydrogen-bond acceptors (Lipinski definition) is 2. The third kappa shape index (κ3) is 3.60. The average molecular weight is 339 g/mol. The third-order valence-electron chi connectivity index (χ3n) is 3.28. The van der Waals surface area contributed by atoms with Gasteiger partial charge >= 0.3 is 6.18 Å². The maximum Gasteiger partial charge on any atom is 0.417 e. The minimum atomic E-state index is -4.44. The van der Waals surface area contributed by atoms with E-state index in [2.05, 4.69) is 21.2 Å². The molecule has 0 spiro atoms. The van der Waals surface area contributed by atoms with Gasteiger partial charge in [-0.3, -0.25) is 4.79 Å². The van der Waals surface area contributed by atoms with E-state index in [1.807, 2.05) is 0 Å². The van der Waals surface area contributed by atoms with E-state index in [9.17, 15) is 18.0 Å². The molecule has 2 rings (SSSR count). The summed E-state index contributed by atoms with van der Waals surface area (Å²) in [4.78, 5) is 11.9. The molecule has 19 heavy (non-hydrogen) atoms. The van der Waals surface area contributed by atoms with Crippen molar-refractivity contribution < 1.29 is 13.2 Å². The Morgan fingerprint density at radius 1 is 1.37 bits per heavy atom. The van der Waals surface area contributed by atoms with Gasteiger partial charge in [-0.2, -0.15) is 13.2 Å². The lowest BCUT2D eigenvalue weighted by molar-refractivity contribution is -0.138. The van der Waals surface area contributed by atoms with Crippen LogP contribution in [0.2, 0.25) is 0 Å². The molecule has 106 valence electrons. The van der Waals surface area contributed by atoms with Crippen molar-refractivity contribution in [1.82, 2.24) is 9.88 Å². The van der Waals surface area contributed by atoms with Crippen LogP contribution in [0.15, 0.2) is 21.5 Å². The molecule has 3 nitrogen and oxygen atoms in total. The number of rotatable bonds is 2. The van der Waals surface area contributed by atoms with E-state index < -0.39 is 17.3 Å². The van der Waals surface area contributed by atoms with E-state index in [4.69, 9.17) is 0 Å². The van der Waals surface area contributed by atoms with Crippen LogP contribution in [-0.4, -0.2) is 17.7 Å². The van der Waals surface area contributed by atoms with Crippen molar-refractivity contribution in [1.29, 1.82) is 0 Å². The first-order valence-electron chi connectivity index (χ1n) is 6.06. The van der Waals surface area contributed by atoms with Crippen LogP contribution in [0.1, 0.15) is 18.4 Å². The zero-order chi connectivity index (χ0) is 14.0. The molecule has 1 aliphatic rings. The molecule has 0 unspecified atom stereocenters. The molecular formula is C12H14BrF3N2O. The van der Waals surface area contributed by atoms with Crippen LogP contribution in [0.4, 0.5) is 13.2 Å². The molecule has 0 atom stereocenters. The van der Waals surface area contributed by atoms with Gasteiger partial charge in [0, 0.05) is 12.7 Å². The summed E-state index contributed by atoms with van der Waals surface area (Å²) in [5.41, 5.74) is -1.21. The first-order chi connectivity index (χ1) is 8.88. The number of hydrogen-bond donors (Lipinski definition) is 1. The minimum Gasteiger partial charge on any atom is -0.317 e. The van der Waals surface area contributed by atoms with Gasteiger partial charge in [-0.15, -0.1) is 0 Å². The van der Waals surface area contributed by atoms with Crippen molar-refractivity contribution in [2.45, 2.75) is 25.6 Å². The maximum absolute atomic E-state index is 12.7. The molecule has 1 aromatic rings. The van der Waals surface area contributed by atoms with Gasteiger partial charge in [0.15, 0.2) is 0 Å². The number of piperidine rings is 1. The fourth-order valence-electron chi connectivity index (χ4n) is 2.23. The van der Waals surface area contributed by atoms with Crippen LogP contribution in [0.5, 0.6) is 0 Å². The summed E-state index contributed by atoms with van der Waals surface area (Å²) in [7, 11) is 0. The zero-order valence-electron chi connectivity index (χ0n) is 10.1.